The second kappa shape index (κ2) is 8.60. The van der Waals surface area contributed by atoms with Crippen LogP contribution < -0.4 is 14.8 Å². The number of hydrogen-bond donors (Lipinski definition) is 2. The summed E-state index contributed by atoms with van der Waals surface area (Å²) in [4.78, 5) is 19.0. The molecule has 9 nitrogen and oxygen atoms in total. The Bertz CT molecular complexity index is 1040. The van der Waals surface area contributed by atoms with Crippen molar-refractivity contribution in [3.05, 3.63) is 41.1 Å². The van der Waals surface area contributed by atoms with Crippen LogP contribution in [0.25, 0.3) is 0 Å². The summed E-state index contributed by atoms with van der Waals surface area (Å²) in [6.45, 7) is 6.66. The highest BCUT2D eigenvalue weighted by atomic mass is 32.2. The minimum absolute atomic E-state index is 0.143. The van der Waals surface area contributed by atoms with Gasteiger partial charge in [-0.25, -0.2) is 18.1 Å². The van der Waals surface area contributed by atoms with E-state index in [-0.39, 0.29) is 28.9 Å². The number of likely N-dealkylation sites (tertiary alicyclic amines) is 1. The Labute approximate surface area is 182 Å². The van der Waals surface area contributed by atoms with Gasteiger partial charge >= 0.3 is 0 Å². The molecular weight excluding hydrogens is 420 g/mol. The summed E-state index contributed by atoms with van der Waals surface area (Å²) < 4.78 is 38.8. The number of methoxy groups -OCH3 is 1. The first kappa shape index (κ1) is 21.8. The van der Waals surface area contributed by atoms with E-state index in [1.54, 1.807) is 26.0 Å². The highest BCUT2D eigenvalue weighted by Gasteiger charge is 2.37. The van der Waals surface area contributed by atoms with Gasteiger partial charge in [0.25, 0.3) is 5.91 Å². The van der Waals surface area contributed by atoms with Gasteiger partial charge in [0.2, 0.25) is 15.9 Å². The molecule has 2 N–H and O–H groups in total. The molecule has 0 radical (unpaired) electrons. The maximum absolute atomic E-state index is 12.8. The number of hydrogen-bond acceptors (Lipinski definition) is 7. The summed E-state index contributed by atoms with van der Waals surface area (Å²) in [7, 11) is -2.26. The summed E-state index contributed by atoms with van der Waals surface area (Å²) in [5.74, 6) is 1.58. The number of ether oxygens (including phenoxy) is 1. The third-order valence-electron chi connectivity index (χ3n) is 6.08. The SMILES string of the molecule is COc1cc(C)c(S(=O)(=O)NCc2nc(C(=O)N3CC4CCNCC4C3)co2)c(C)c1. The van der Waals surface area contributed by atoms with Crippen LogP contribution in [0.5, 0.6) is 5.75 Å². The van der Waals surface area contributed by atoms with E-state index in [2.05, 4.69) is 15.0 Å². The summed E-state index contributed by atoms with van der Waals surface area (Å²) in [5.41, 5.74) is 1.37. The molecule has 0 aliphatic carbocycles. The monoisotopic (exact) mass is 448 g/mol. The van der Waals surface area contributed by atoms with E-state index >= 15 is 0 Å². The van der Waals surface area contributed by atoms with Gasteiger partial charge in [-0.3, -0.25) is 4.79 Å². The topological polar surface area (TPSA) is 114 Å². The van der Waals surface area contributed by atoms with Gasteiger partial charge in [-0.15, -0.1) is 0 Å². The fraction of sp³-hybridized carbons (Fsp3) is 0.524. The van der Waals surface area contributed by atoms with Crippen molar-refractivity contribution in [3.8, 4) is 5.75 Å². The van der Waals surface area contributed by atoms with Gasteiger partial charge < -0.3 is 19.4 Å². The first-order valence-electron chi connectivity index (χ1n) is 10.4. The number of fused-ring (bicyclic) bond motifs is 1. The van der Waals surface area contributed by atoms with Crippen LogP contribution in [0.1, 0.15) is 33.9 Å². The van der Waals surface area contributed by atoms with Crippen LogP contribution in [0.15, 0.2) is 27.7 Å². The standard InChI is InChI=1S/C21H28N4O5S/c1-13-6-17(29-3)7-14(2)20(13)31(27,28)23-9-19-24-18(12-30-19)21(26)25-10-15-4-5-22-8-16(15)11-25/h6-7,12,15-16,22-23H,4-5,8-11H2,1-3H3. The van der Waals surface area contributed by atoms with Crippen molar-refractivity contribution in [3.63, 3.8) is 0 Å². The zero-order valence-electron chi connectivity index (χ0n) is 18.0. The lowest BCUT2D eigenvalue weighted by atomic mass is 9.90. The molecule has 1 aromatic heterocycles. The minimum atomic E-state index is -3.79. The van der Waals surface area contributed by atoms with Gasteiger partial charge in [-0.2, -0.15) is 0 Å². The zero-order valence-corrected chi connectivity index (χ0v) is 18.8. The van der Waals surface area contributed by atoms with E-state index in [1.165, 1.54) is 13.4 Å². The smallest absolute Gasteiger partial charge is 0.275 e. The molecule has 2 aliphatic rings. The number of rotatable bonds is 6. The molecule has 2 atom stereocenters. The van der Waals surface area contributed by atoms with Crippen molar-refractivity contribution in [2.45, 2.75) is 31.7 Å². The van der Waals surface area contributed by atoms with E-state index < -0.39 is 10.0 Å². The van der Waals surface area contributed by atoms with Crippen molar-refractivity contribution in [1.82, 2.24) is 19.9 Å². The maximum Gasteiger partial charge on any atom is 0.275 e. The highest BCUT2D eigenvalue weighted by molar-refractivity contribution is 7.89. The van der Waals surface area contributed by atoms with Gasteiger partial charge in [-0.05, 0) is 68.5 Å². The number of carbonyl (C=O) groups is 1. The molecule has 0 saturated carbocycles. The van der Waals surface area contributed by atoms with Crippen LogP contribution in [0, 0.1) is 25.7 Å². The molecule has 2 saturated heterocycles. The van der Waals surface area contributed by atoms with Crippen molar-refractivity contribution < 1.29 is 22.4 Å². The Hall–Kier alpha value is -2.43. The van der Waals surface area contributed by atoms with Gasteiger partial charge in [0.15, 0.2) is 5.69 Å². The number of nitrogens with one attached hydrogen (secondary N) is 2. The second-order valence-corrected chi connectivity index (χ2v) is 9.97. The molecule has 2 fully saturated rings. The predicted octanol–water partition coefficient (Wildman–Crippen LogP) is 1.46. The Morgan fingerprint density at radius 1 is 1.29 bits per heavy atom. The average molecular weight is 449 g/mol. The van der Waals surface area contributed by atoms with Gasteiger partial charge in [0.05, 0.1) is 18.6 Å². The largest absolute Gasteiger partial charge is 0.497 e. The maximum atomic E-state index is 12.8. The Morgan fingerprint density at radius 3 is 2.68 bits per heavy atom. The quantitative estimate of drug-likeness (QED) is 0.688. The predicted molar refractivity (Wildman–Crippen MR) is 113 cm³/mol. The lowest BCUT2D eigenvalue weighted by Gasteiger charge is -2.23. The van der Waals surface area contributed by atoms with Crippen LogP contribution in [0.4, 0.5) is 0 Å². The number of carbonyl (C=O) groups excluding carboxylic acids is 1. The molecule has 31 heavy (non-hydrogen) atoms. The Balaban J connectivity index is 1.42. The van der Waals surface area contributed by atoms with Crippen LogP contribution in [0.3, 0.4) is 0 Å². The molecule has 4 rings (SSSR count). The minimum Gasteiger partial charge on any atom is -0.497 e. The lowest BCUT2D eigenvalue weighted by molar-refractivity contribution is 0.0778. The molecule has 2 aromatic rings. The van der Waals surface area contributed by atoms with Crippen molar-refractivity contribution >= 4 is 15.9 Å². The van der Waals surface area contributed by atoms with Crippen LogP contribution in [-0.4, -0.2) is 57.5 Å². The molecule has 2 aliphatic heterocycles. The molecule has 1 aromatic carbocycles. The van der Waals surface area contributed by atoms with Crippen molar-refractivity contribution in [2.24, 2.45) is 11.8 Å². The number of nitrogens with zero attached hydrogens (tertiary/aromatic N) is 2. The molecule has 0 spiro atoms. The van der Waals surface area contributed by atoms with Crippen LogP contribution in [0.2, 0.25) is 0 Å². The number of piperidine rings is 1. The van der Waals surface area contributed by atoms with Gasteiger partial charge in [0, 0.05) is 13.1 Å². The third kappa shape index (κ3) is 4.46. The Kier molecular flexibility index (Phi) is 6.05. The molecule has 10 heteroatoms. The summed E-state index contributed by atoms with van der Waals surface area (Å²) in [5, 5.41) is 3.37. The first-order valence-corrected chi connectivity index (χ1v) is 11.9. The van der Waals surface area contributed by atoms with E-state index in [0.717, 1.165) is 26.1 Å². The first-order chi connectivity index (χ1) is 14.8. The van der Waals surface area contributed by atoms with E-state index in [0.29, 0.717) is 35.3 Å². The molecule has 3 heterocycles. The number of benzene rings is 1. The fourth-order valence-corrected chi connectivity index (χ4v) is 5.99. The molecule has 168 valence electrons. The normalized spacial score (nSPS) is 21.2. The number of sulfonamides is 1. The third-order valence-corrected chi connectivity index (χ3v) is 7.79. The number of aryl methyl sites for hydroxylation is 2. The van der Waals surface area contributed by atoms with Gasteiger partial charge in [0.1, 0.15) is 12.0 Å². The average Bonchev–Trinajstić information content (AvgIpc) is 3.38. The second-order valence-electron chi connectivity index (χ2n) is 8.26. The fourth-order valence-electron chi connectivity index (χ4n) is 4.57. The molecule has 1 amide bonds. The number of amides is 1. The Morgan fingerprint density at radius 2 is 2.00 bits per heavy atom. The van der Waals surface area contributed by atoms with E-state index in [9.17, 15) is 13.2 Å². The van der Waals surface area contributed by atoms with Crippen molar-refractivity contribution in [1.29, 1.82) is 0 Å². The molecular formula is C21H28N4O5S. The lowest BCUT2D eigenvalue weighted by Crippen LogP contribution is -2.35. The van der Waals surface area contributed by atoms with Crippen molar-refractivity contribution in [2.75, 3.05) is 33.3 Å². The zero-order chi connectivity index (χ0) is 22.2. The highest BCUT2D eigenvalue weighted by Crippen LogP contribution is 2.29. The summed E-state index contributed by atoms with van der Waals surface area (Å²) in [6.07, 6.45) is 2.38. The number of oxazole rings is 1. The number of aromatic nitrogens is 1. The van der Waals surface area contributed by atoms with Gasteiger partial charge in [-0.1, -0.05) is 0 Å². The molecule has 2 unspecified atom stereocenters. The summed E-state index contributed by atoms with van der Waals surface area (Å²) >= 11 is 0. The molecule has 0 bridgehead atoms. The van der Waals surface area contributed by atoms with Crippen LogP contribution in [-0.2, 0) is 16.6 Å². The van der Waals surface area contributed by atoms with E-state index in [1.807, 2.05) is 4.90 Å². The van der Waals surface area contributed by atoms with E-state index in [4.69, 9.17) is 9.15 Å². The van der Waals surface area contributed by atoms with Crippen LogP contribution >= 0.6 is 0 Å². The summed E-state index contributed by atoms with van der Waals surface area (Å²) in [6, 6.07) is 3.35.